The summed E-state index contributed by atoms with van der Waals surface area (Å²) in [5, 5.41) is 13.6. The minimum Gasteiger partial charge on any atom is -0.328 e. The highest BCUT2D eigenvalue weighted by molar-refractivity contribution is 5.91. The number of aromatic nitrogens is 3. The van der Waals surface area contributed by atoms with Crippen LogP contribution in [-0.4, -0.2) is 14.2 Å². The number of hydrogen-bond donors (Lipinski definition) is 0. The molecule has 0 saturated carbocycles. The zero-order chi connectivity index (χ0) is 23.1. The lowest BCUT2D eigenvalue weighted by Gasteiger charge is -2.13. The summed E-state index contributed by atoms with van der Waals surface area (Å²) >= 11 is 0. The summed E-state index contributed by atoms with van der Waals surface area (Å²) in [5.74, 6) is -1.44. The maximum Gasteiger partial charge on any atom is 0.274 e. The molecular formula is C26H16F2N4O. The van der Waals surface area contributed by atoms with Crippen LogP contribution in [0.5, 0.6) is 0 Å². The molecule has 3 aromatic carbocycles. The first-order valence-electron chi connectivity index (χ1n) is 10.1. The second kappa shape index (κ2) is 7.84. The van der Waals surface area contributed by atoms with Gasteiger partial charge in [0.2, 0.25) is 0 Å². The molecule has 160 valence electrons. The van der Waals surface area contributed by atoms with Crippen molar-refractivity contribution in [3.63, 3.8) is 0 Å². The first-order chi connectivity index (χ1) is 16.0. The summed E-state index contributed by atoms with van der Waals surface area (Å²) in [7, 11) is 1.75. The van der Waals surface area contributed by atoms with Crippen molar-refractivity contribution in [3.05, 3.63) is 106 Å². The molecule has 7 heteroatoms. The Kier molecular flexibility index (Phi) is 4.83. The SMILES string of the molecule is Cn1c(-c2ccc(C#N)cc2)cc(=O)n2nc(-c3ccccc3)c(-c3ccc(F)cc3F)c12. The monoisotopic (exact) mass is 438 g/mol. The van der Waals surface area contributed by atoms with Gasteiger partial charge < -0.3 is 4.57 Å². The quantitative estimate of drug-likeness (QED) is 0.390. The average molecular weight is 438 g/mol. The standard InChI is InChI=1S/C26H16F2N4O/c1-31-22(17-9-7-16(15-29)8-10-17)14-23(33)32-26(31)24(20-12-11-19(27)13-21(20)28)25(30-32)18-5-3-2-4-6-18/h2-14H,1H3. The van der Waals surface area contributed by atoms with Crippen LogP contribution >= 0.6 is 0 Å². The van der Waals surface area contributed by atoms with Crippen LogP contribution in [-0.2, 0) is 7.05 Å². The summed E-state index contributed by atoms with van der Waals surface area (Å²) in [6, 6.07) is 22.8. The lowest BCUT2D eigenvalue weighted by molar-refractivity contribution is 0.585. The minimum atomic E-state index is -0.752. The molecule has 0 unspecified atom stereocenters. The van der Waals surface area contributed by atoms with Crippen LogP contribution in [0, 0.1) is 23.0 Å². The summed E-state index contributed by atoms with van der Waals surface area (Å²) in [4.78, 5) is 13.1. The van der Waals surface area contributed by atoms with E-state index in [-0.39, 0.29) is 5.56 Å². The second-order valence-corrected chi connectivity index (χ2v) is 7.57. The van der Waals surface area contributed by atoms with Crippen LogP contribution in [0.3, 0.4) is 0 Å². The van der Waals surface area contributed by atoms with Crippen molar-refractivity contribution in [2.24, 2.45) is 7.05 Å². The van der Waals surface area contributed by atoms with Gasteiger partial charge in [0.15, 0.2) is 0 Å². The summed E-state index contributed by atoms with van der Waals surface area (Å²) in [5.41, 5.74) is 3.37. The first-order valence-corrected chi connectivity index (χ1v) is 10.1. The Bertz CT molecular complexity index is 1610. The zero-order valence-electron chi connectivity index (χ0n) is 17.5. The number of nitriles is 1. The van der Waals surface area contributed by atoms with Gasteiger partial charge in [0.1, 0.15) is 23.0 Å². The Balaban J connectivity index is 1.89. The minimum absolute atomic E-state index is 0.136. The molecule has 5 rings (SSSR count). The number of halogens is 2. The third-order valence-corrected chi connectivity index (χ3v) is 5.57. The molecule has 33 heavy (non-hydrogen) atoms. The smallest absolute Gasteiger partial charge is 0.274 e. The molecular weight excluding hydrogens is 422 g/mol. The number of aryl methyl sites for hydroxylation is 1. The van der Waals surface area contributed by atoms with Gasteiger partial charge in [0.05, 0.1) is 22.9 Å². The normalized spacial score (nSPS) is 11.0. The highest BCUT2D eigenvalue weighted by atomic mass is 19.1. The van der Waals surface area contributed by atoms with E-state index in [1.165, 1.54) is 22.7 Å². The summed E-state index contributed by atoms with van der Waals surface area (Å²) in [6.45, 7) is 0. The molecule has 0 amide bonds. The molecule has 2 aromatic heterocycles. The fourth-order valence-corrected chi connectivity index (χ4v) is 3.99. The molecule has 5 aromatic rings. The lowest BCUT2D eigenvalue weighted by Crippen LogP contribution is -2.18. The van der Waals surface area contributed by atoms with Gasteiger partial charge in [0.25, 0.3) is 5.56 Å². The van der Waals surface area contributed by atoms with Crippen molar-refractivity contribution in [2.75, 3.05) is 0 Å². The van der Waals surface area contributed by atoms with Crippen LogP contribution in [0.15, 0.2) is 83.7 Å². The summed E-state index contributed by atoms with van der Waals surface area (Å²) < 4.78 is 31.6. The molecule has 0 aliphatic heterocycles. The van der Waals surface area contributed by atoms with Crippen LogP contribution < -0.4 is 5.56 Å². The third-order valence-electron chi connectivity index (χ3n) is 5.57. The zero-order valence-corrected chi connectivity index (χ0v) is 17.5. The predicted octanol–water partition coefficient (Wildman–Crippen LogP) is 5.18. The van der Waals surface area contributed by atoms with E-state index in [0.29, 0.717) is 39.3 Å². The van der Waals surface area contributed by atoms with E-state index in [0.717, 1.165) is 6.07 Å². The van der Waals surface area contributed by atoms with E-state index in [1.807, 2.05) is 30.3 Å². The largest absolute Gasteiger partial charge is 0.328 e. The van der Waals surface area contributed by atoms with Crippen molar-refractivity contribution in [3.8, 4) is 39.7 Å². The van der Waals surface area contributed by atoms with Crippen LogP contribution in [0.25, 0.3) is 39.3 Å². The molecule has 2 heterocycles. The van der Waals surface area contributed by atoms with E-state index in [1.54, 1.807) is 35.9 Å². The van der Waals surface area contributed by atoms with Gasteiger partial charge in [-0.2, -0.15) is 14.9 Å². The average Bonchev–Trinajstić information content (AvgIpc) is 3.23. The number of benzene rings is 3. The molecule has 0 radical (unpaired) electrons. The molecule has 0 N–H and O–H groups in total. The van der Waals surface area contributed by atoms with Crippen molar-refractivity contribution in [1.82, 2.24) is 14.2 Å². The topological polar surface area (TPSA) is 63.1 Å². The molecule has 0 aliphatic rings. The maximum absolute atomic E-state index is 15.0. The third kappa shape index (κ3) is 3.38. The Morgan fingerprint density at radius 2 is 1.64 bits per heavy atom. The van der Waals surface area contributed by atoms with E-state index in [2.05, 4.69) is 11.2 Å². The van der Waals surface area contributed by atoms with Gasteiger partial charge >= 0.3 is 0 Å². The van der Waals surface area contributed by atoms with Gasteiger partial charge in [-0.3, -0.25) is 4.79 Å². The Hall–Kier alpha value is -4.57. The Labute approximate surface area is 187 Å². The summed E-state index contributed by atoms with van der Waals surface area (Å²) in [6.07, 6.45) is 0. The number of nitrogens with zero attached hydrogens (tertiary/aromatic N) is 4. The van der Waals surface area contributed by atoms with Gasteiger partial charge in [0, 0.05) is 30.3 Å². The molecule has 0 atom stereocenters. The number of fused-ring (bicyclic) bond motifs is 1. The highest BCUT2D eigenvalue weighted by Gasteiger charge is 2.23. The number of rotatable bonds is 3. The Morgan fingerprint density at radius 3 is 2.30 bits per heavy atom. The predicted molar refractivity (Wildman–Crippen MR) is 121 cm³/mol. The fourth-order valence-electron chi connectivity index (χ4n) is 3.99. The lowest BCUT2D eigenvalue weighted by atomic mass is 10.00. The van der Waals surface area contributed by atoms with Crippen molar-refractivity contribution in [2.45, 2.75) is 0 Å². The highest BCUT2D eigenvalue weighted by Crippen LogP contribution is 2.37. The van der Waals surface area contributed by atoms with Crippen LogP contribution in [0.4, 0.5) is 8.78 Å². The van der Waals surface area contributed by atoms with Crippen LogP contribution in [0.2, 0.25) is 0 Å². The van der Waals surface area contributed by atoms with Gasteiger partial charge in [-0.1, -0.05) is 42.5 Å². The second-order valence-electron chi connectivity index (χ2n) is 7.57. The molecule has 0 spiro atoms. The fraction of sp³-hybridized carbons (Fsp3) is 0.0385. The Morgan fingerprint density at radius 1 is 0.909 bits per heavy atom. The van der Waals surface area contributed by atoms with Crippen LogP contribution in [0.1, 0.15) is 5.56 Å². The molecule has 0 fully saturated rings. The van der Waals surface area contributed by atoms with Crippen molar-refractivity contribution in [1.29, 1.82) is 5.26 Å². The number of hydrogen-bond acceptors (Lipinski definition) is 3. The molecule has 0 aliphatic carbocycles. The molecule has 0 saturated heterocycles. The van der Waals surface area contributed by atoms with E-state index in [4.69, 9.17) is 5.26 Å². The molecule has 5 nitrogen and oxygen atoms in total. The molecule has 0 bridgehead atoms. The maximum atomic E-state index is 15.0. The van der Waals surface area contributed by atoms with E-state index >= 15 is 0 Å². The van der Waals surface area contributed by atoms with Gasteiger partial charge in [-0.25, -0.2) is 8.78 Å². The van der Waals surface area contributed by atoms with Crippen molar-refractivity contribution >= 4 is 5.65 Å². The first kappa shape index (κ1) is 20.3. The van der Waals surface area contributed by atoms with E-state index in [9.17, 15) is 13.6 Å². The van der Waals surface area contributed by atoms with Gasteiger partial charge in [-0.15, -0.1) is 0 Å². The van der Waals surface area contributed by atoms with Crippen molar-refractivity contribution < 1.29 is 8.78 Å². The van der Waals surface area contributed by atoms with E-state index < -0.39 is 17.2 Å². The van der Waals surface area contributed by atoms with Gasteiger partial charge in [-0.05, 0) is 29.8 Å².